The molecule has 0 heterocycles. The van der Waals surface area contributed by atoms with Crippen LogP contribution in [0.25, 0.3) is 0 Å². The highest BCUT2D eigenvalue weighted by Crippen LogP contribution is 2.33. The van der Waals surface area contributed by atoms with Gasteiger partial charge in [-0.15, -0.1) is 0 Å². The molecule has 1 aliphatic carbocycles. The van der Waals surface area contributed by atoms with Crippen LogP contribution in [0.4, 0.5) is 0 Å². The van der Waals surface area contributed by atoms with Gasteiger partial charge in [0.05, 0.1) is 0 Å². The third kappa shape index (κ3) is 4.30. The Kier molecular flexibility index (Phi) is 6.74. The van der Waals surface area contributed by atoms with Crippen molar-refractivity contribution in [2.45, 2.75) is 52.9 Å². The standard InChI is InChI=1S/C17H26O/c1-4-9-15-12-17(14(3)5-2)13-16(15)10-7-6-8-11-18/h4-5,9,13,18H,6-8,10-12H2,1-3H3/b9-4-,14-5+. The summed E-state index contributed by atoms with van der Waals surface area (Å²) in [6.45, 7) is 6.69. The van der Waals surface area contributed by atoms with Crippen LogP contribution < -0.4 is 0 Å². The number of hydrogen-bond donors (Lipinski definition) is 1. The van der Waals surface area contributed by atoms with Crippen LogP contribution >= 0.6 is 0 Å². The summed E-state index contributed by atoms with van der Waals surface area (Å²) in [5.41, 5.74) is 5.81. The van der Waals surface area contributed by atoms with Gasteiger partial charge in [0.15, 0.2) is 0 Å². The molecule has 0 bridgehead atoms. The Labute approximate surface area is 112 Å². The first-order valence-electron chi connectivity index (χ1n) is 7.02. The third-order valence-corrected chi connectivity index (χ3v) is 3.55. The molecule has 0 aromatic rings. The average Bonchev–Trinajstić information content (AvgIpc) is 2.77. The zero-order valence-electron chi connectivity index (χ0n) is 12.0. The predicted octanol–water partition coefficient (Wildman–Crippen LogP) is 4.71. The maximum atomic E-state index is 8.80. The molecule has 0 radical (unpaired) electrons. The molecular weight excluding hydrogens is 220 g/mol. The largest absolute Gasteiger partial charge is 0.396 e. The van der Waals surface area contributed by atoms with Gasteiger partial charge in [0.25, 0.3) is 0 Å². The fourth-order valence-corrected chi connectivity index (χ4v) is 2.32. The number of aliphatic hydroxyl groups excluding tert-OH is 1. The van der Waals surface area contributed by atoms with Gasteiger partial charge >= 0.3 is 0 Å². The second-order valence-electron chi connectivity index (χ2n) is 4.90. The van der Waals surface area contributed by atoms with Crippen molar-refractivity contribution in [3.63, 3.8) is 0 Å². The summed E-state index contributed by atoms with van der Waals surface area (Å²) in [5, 5.41) is 8.80. The zero-order chi connectivity index (χ0) is 13.4. The van der Waals surface area contributed by atoms with Crippen LogP contribution in [-0.2, 0) is 0 Å². The number of hydrogen-bond acceptors (Lipinski definition) is 1. The van der Waals surface area contributed by atoms with E-state index in [0.29, 0.717) is 6.61 Å². The highest BCUT2D eigenvalue weighted by Gasteiger charge is 2.14. The number of rotatable bonds is 7. The number of aliphatic hydroxyl groups is 1. The Morgan fingerprint density at radius 1 is 1.28 bits per heavy atom. The van der Waals surface area contributed by atoms with E-state index in [1.54, 1.807) is 0 Å². The fourth-order valence-electron chi connectivity index (χ4n) is 2.32. The summed E-state index contributed by atoms with van der Waals surface area (Å²) in [6, 6.07) is 0. The maximum Gasteiger partial charge on any atom is 0.0431 e. The lowest BCUT2D eigenvalue weighted by Gasteiger charge is -2.03. The minimum absolute atomic E-state index is 0.319. The minimum Gasteiger partial charge on any atom is -0.396 e. The molecule has 1 nitrogen and oxygen atoms in total. The van der Waals surface area contributed by atoms with Gasteiger partial charge in [0, 0.05) is 6.61 Å². The van der Waals surface area contributed by atoms with E-state index in [1.165, 1.54) is 28.7 Å². The molecule has 0 amide bonds. The Hall–Kier alpha value is -1.08. The third-order valence-electron chi connectivity index (χ3n) is 3.55. The average molecular weight is 246 g/mol. The van der Waals surface area contributed by atoms with Gasteiger partial charge in [-0.2, -0.15) is 0 Å². The van der Waals surface area contributed by atoms with Crippen LogP contribution in [0.5, 0.6) is 0 Å². The molecule has 0 aliphatic heterocycles. The van der Waals surface area contributed by atoms with Gasteiger partial charge in [-0.05, 0) is 63.2 Å². The summed E-state index contributed by atoms with van der Waals surface area (Å²) >= 11 is 0. The van der Waals surface area contributed by atoms with Gasteiger partial charge in [0.2, 0.25) is 0 Å². The van der Waals surface area contributed by atoms with Crippen LogP contribution in [-0.4, -0.2) is 11.7 Å². The van der Waals surface area contributed by atoms with E-state index >= 15 is 0 Å². The Morgan fingerprint density at radius 2 is 2.06 bits per heavy atom. The van der Waals surface area contributed by atoms with Crippen LogP contribution in [0.1, 0.15) is 52.9 Å². The van der Waals surface area contributed by atoms with Crippen LogP contribution in [0.3, 0.4) is 0 Å². The lowest BCUT2D eigenvalue weighted by Crippen LogP contribution is -1.86. The summed E-state index contributed by atoms with van der Waals surface area (Å²) in [7, 11) is 0. The molecular formula is C17H26O. The SMILES string of the molecule is C/C=C\C1=C(CCCCCO)C=C(/C(C)=C/C)C1. The van der Waals surface area contributed by atoms with Gasteiger partial charge in [-0.3, -0.25) is 0 Å². The molecule has 0 aromatic heterocycles. The van der Waals surface area contributed by atoms with E-state index in [2.05, 4.69) is 45.1 Å². The van der Waals surface area contributed by atoms with Crippen molar-refractivity contribution in [2.75, 3.05) is 6.61 Å². The second-order valence-corrected chi connectivity index (χ2v) is 4.90. The first-order chi connectivity index (χ1) is 8.72. The molecule has 1 N–H and O–H groups in total. The fraction of sp³-hybridized carbons (Fsp3) is 0.529. The van der Waals surface area contributed by atoms with Crippen LogP contribution in [0, 0.1) is 0 Å². The summed E-state index contributed by atoms with van der Waals surface area (Å²) in [6.07, 6.45) is 14.4. The van der Waals surface area contributed by atoms with Gasteiger partial charge in [-0.1, -0.05) is 36.3 Å². The topological polar surface area (TPSA) is 20.2 Å². The molecule has 1 aliphatic rings. The van der Waals surface area contributed by atoms with Crippen molar-refractivity contribution in [3.05, 3.63) is 46.6 Å². The zero-order valence-corrected chi connectivity index (χ0v) is 12.0. The highest BCUT2D eigenvalue weighted by atomic mass is 16.2. The lowest BCUT2D eigenvalue weighted by molar-refractivity contribution is 0.283. The van der Waals surface area contributed by atoms with E-state index in [0.717, 1.165) is 25.7 Å². The number of allylic oxidation sites excluding steroid dienone is 8. The van der Waals surface area contributed by atoms with Crippen LogP contribution in [0.2, 0.25) is 0 Å². The van der Waals surface area contributed by atoms with Gasteiger partial charge in [-0.25, -0.2) is 0 Å². The molecule has 0 aromatic carbocycles. The molecule has 18 heavy (non-hydrogen) atoms. The molecule has 0 saturated carbocycles. The molecule has 1 heteroatoms. The van der Waals surface area contributed by atoms with E-state index in [1.807, 2.05) is 0 Å². The molecule has 0 fully saturated rings. The van der Waals surface area contributed by atoms with Crippen molar-refractivity contribution in [2.24, 2.45) is 0 Å². The van der Waals surface area contributed by atoms with Crippen LogP contribution in [0.15, 0.2) is 46.6 Å². The summed E-state index contributed by atoms with van der Waals surface area (Å²) in [4.78, 5) is 0. The van der Waals surface area contributed by atoms with E-state index in [9.17, 15) is 0 Å². The molecule has 0 atom stereocenters. The molecule has 0 spiro atoms. The number of unbranched alkanes of at least 4 members (excludes halogenated alkanes) is 2. The first kappa shape index (κ1) is 15.0. The van der Waals surface area contributed by atoms with Crippen molar-refractivity contribution in [1.82, 2.24) is 0 Å². The lowest BCUT2D eigenvalue weighted by atomic mass is 10.0. The second kappa shape index (κ2) is 8.10. The summed E-state index contributed by atoms with van der Waals surface area (Å²) in [5.74, 6) is 0. The summed E-state index contributed by atoms with van der Waals surface area (Å²) < 4.78 is 0. The molecule has 0 unspecified atom stereocenters. The molecule has 0 saturated heterocycles. The van der Waals surface area contributed by atoms with E-state index < -0.39 is 0 Å². The van der Waals surface area contributed by atoms with Crippen molar-refractivity contribution < 1.29 is 5.11 Å². The van der Waals surface area contributed by atoms with Crippen molar-refractivity contribution in [1.29, 1.82) is 0 Å². The van der Waals surface area contributed by atoms with Crippen molar-refractivity contribution in [3.8, 4) is 0 Å². The first-order valence-corrected chi connectivity index (χ1v) is 7.02. The van der Waals surface area contributed by atoms with Crippen molar-refractivity contribution >= 4 is 0 Å². The highest BCUT2D eigenvalue weighted by molar-refractivity contribution is 5.50. The Morgan fingerprint density at radius 3 is 2.67 bits per heavy atom. The van der Waals surface area contributed by atoms with Gasteiger partial charge in [0.1, 0.15) is 0 Å². The Balaban J connectivity index is 2.66. The van der Waals surface area contributed by atoms with E-state index in [4.69, 9.17) is 5.11 Å². The monoisotopic (exact) mass is 246 g/mol. The smallest absolute Gasteiger partial charge is 0.0431 e. The van der Waals surface area contributed by atoms with E-state index in [-0.39, 0.29) is 0 Å². The van der Waals surface area contributed by atoms with Gasteiger partial charge < -0.3 is 5.11 Å². The quantitative estimate of drug-likeness (QED) is 0.645. The normalized spacial score (nSPS) is 16.9. The molecule has 100 valence electrons. The minimum atomic E-state index is 0.319. The Bertz CT molecular complexity index is 380. The molecule has 1 rings (SSSR count). The predicted molar refractivity (Wildman–Crippen MR) is 79.5 cm³/mol. The maximum absolute atomic E-state index is 8.80.